The smallest absolute Gasteiger partial charge is 0.354 e. The number of hydrogen-bond acceptors (Lipinski definition) is 4. The summed E-state index contributed by atoms with van der Waals surface area (Å²) in [7, 11) is -4.55. The van der Waals surface area contributed by atoms with Crippen molar-refractivity contribution in [3.05, 3.63) is 131 Å². The monoisotopic (exact) mass is 679 g/mol. The standard InChI is InChI=1S/C37H40F3N3O4S/c1-4-5-22-41-36(45)34(23-29-13-7-6-8-14-29)42(25-30-15-10-9-12-28(30)3)35(44)26-43(32-17-11-16-31(24-32)37(38,39)40)48(46,47)33-20-18-27(2)19-21-33/h6-21,24,34H,4-5,22-23,25-26H2,1-3H3,(H,41,45)/t34-/m0/s1. The molecule has 254 valence electrons. The summed E-state index contributed by atoms with van der Waals surface area (Å²) < 4.78 is 70.4. The fourth-order valence-corrected chi connectivity index (χ4v) is 6.64. The number of amides is 2. The van der Waals surface area contributed by atoms with Crippen LogP contribution < -0.4 is 9.62 Å². The molecule has 0 aliphatic heterocycles. The molecule has 0 heterocycles. The first-order valence-electron chi connectivity index (χ1n) is 15.7. The highest BCUT2D eigenvalue weighted by molar-refractivity contribution is 7.92. The van der Waals surface area contributed by atoms with Gasteiger partial charge in [0.15, 0.2) is 0 Å². The number of nitrogens with one attached hydrogen (secondary N) is 1. The highest BCUT2D eigenvalue weighted by Crippen LogP contribution is 2.33. The molecule has 48 heavy (non-hydrogen) atoms. The molecule has 0 bridgehead atoms. The van der Waals surface area contributed by atoms with Gasteiger partial charge in [-0.25, -0.2) is 8.42 Å². The second-order valence-electron chi connectivity index (χ2n) is 11.7. The molecule has 0 aromatic heterocycles. The summed E-state index contributed by atoms with van der Waals surface area (Å²) in [4.78, 5) is 29.5. The highest BCUT2D eigenvalue weighted by Gasteiger charge is 2.36. The van der Waals surface area contributed by atoms with E-state index in [0.29, 0.717) is 23.3 Å². The van der Waals surface area contributed by atoms with Gasteiger partial charge in [0.25, 0.3) is 10.0 Å². The van der Waals surface area contributed by atoms with Gasteiger partial charge in [0.05, 0.1) is 16.1 Å². The Labute approximate surface area is 280 Å². The minimum Gasteiger partial charge on any atom is -0.354 e. The lowest BCUT2D eigenvalue weighted by atomic mass is 10.0. The van der Waals surface area contributed by atoms with Crippen molar-refractivity contribution in [2.45, 2.75) is 63.7 Å². The maximum Gasteiger partial charge on any atom is 0.416 e. The normalized spacial score (nSPS) is 12.3. The van der Waals surface area contributed by atoms with Crippen LogP contribution in [0.25, 0.3) is 0 Å². The molecule has 0 saturated heterocycles. The average molecular weight is 680 g/mol. The molecule has 2 amide bonds. The van der Waals surface area contributed by atoms with Crippen molar-refractivity contribution in [3.63, 3.8) is 0 Å². The van der Waals surface area contributed by atoms with Gasteiger partial charge in [-0.15, -0.1) is 0 Å². The van der Waals surface area contributed by atoms with Gasteiger partial charge in [0.2, 0.25) is 11.8 Å². The fraction of sp³-hybridized carbons (Fsp3) is 0.297. The molecule has 0 aliphatic carbocycles. The number of carbonyl (C=O) groups excluding carboxylic acids is 2. The van der Waals surface area contributed by atoms with Gasteiger partial charge in [-0.2, -0.15) is 13.2 Å². The number of unbranched alkanes of at least 4 members (excludes halogenated alkanes) is 1. The number of anilines is 1. The molecule has 0 aliphatic rings. The predicted octanol–water partition coefficient (Wildman–Crippen LogP) is 7.07. The third-order valence-electron chi connectivity index (χ3n) is 8.05. The fourth-order valence-electron chi connectivity index (χ4n) is 5.23. The Morgan fingerprint density at radius 3 is 2.17 bits per heavy atom. The van der Waals surface area contributed by atoms with E-state index in [1.807, 2.05) is 62.4 Å². The van der Waals surface area contributed by atoms with Crippen LogP contribution in [0.5, 0.6) is 0 Å². The van der Waals surface area contributed by atoms with E-state index < -0.39 is 46.2 Å². The summed E-state index contributed by atoms with van der Waals surface area (Å²) in [5.41, 5.74) is 1.74. The number of aryl methyl sites for hydroxylation is 2. The summed E-state index contributed by atoms with van der Waals surface area (Å²) in [6.45, 7) is 5.11. The lowest BCUT2D eigenvalue weighted by Gasteiger charge is -2.34. The van der Waals surface area contributed by atoms with Crippen molar-refractivity contribution >= 4 is 27.5 Å². The van der Waals surface area contributed by atoms with E-state index in [1.165, 1.54) is 23.1 Å². The average Bonchev–Trinajstić information content (AvgIpc) is 3.06. The van der Waals surface area contributed by atoms with Crippen molar-refractivity contribution in [3.8, 4) is 0 Å². The zero-order valence-electron chi connectivity index (χ0n) is 27.2. The summed E-state index contributed by atoms with van der Waals surface area (Å²) in [5.74, 6) is -1.17. The predicted molar refractivity (Wildman–Crippen MR) is 181 cm³/mol. The zero-order chi connectivity index (χ0) is 34.9. The first-order valence-corrected chi connectivity index (χ1v) is 17.2. The topological polar surface area (TPSA) is 86.8 Å². The van der Waals surface area contributed by atoms with Gasteiger partial charge in [-0.1, -0.05) is 91.7 Å². The number of sulfonamides is 1. The van der Waals surface area contributed by atoms with Crippen molar-refractivity contribution < 1.29 is 31.2 Å². The van der Waals surface area contributed by atoms with E-state index >= 15 is 0 Å². The van der Waals surface area contributed by atoms with Crippen LogP contribution in [-0.4, -0.2) is 44.3 Å². The van der Waals surface area contributed by atoms with Gasteiger partial charge >= 0.3 is 6.18 Å². The molecule has 4 rings (SSSR count). The van der Waals surface area contributed by atoms with Crippen molar-refractivity contribution in [2.24, 2.45) is 0 Å². The van der Waals surface area contributed by atoms with Crippen LogP contribution in [0.3, 0.4) is 0 Å². The Bertz CT molecular complexity index is 1800. The van der Waals surface area contributed by atoms with E-state index in [-0.39, 0.29) is 23.5 Å². The molecule has 0 saturated carbocycles. The van der Waals surface area contributed by atoms with Crippen LogP contribution in [0.4, 0.5) is 18.9 Å². The molecule has 7 nitrogen and oxygen atoms in total. The minimum absolute atomic E-state index is 0.0365. The lowest BCUT2D eigenvalue weighted by molar-refractivity contribution is -0.140. The van der Waals surface area contributed by atoms with E-state index in [9.17, 15) is 31.2 Å². The number of hydrogen-bond donors (Lipinski definition) is 1. The second-order valence-corrected chi connectivity index (χ2v) is 13.5. The van der Waals surface area contributed by atoms with E-state index in [2.05, 4.69) is 5.32 Å². The quantitative estimate of drug-likeness (QED) is 0.145. The van der Waals surface area contributed by atoms with Gasteiger partial charge < -0.3 is 10.2 Å². The van der Waals surface area contributed by atoms with Crippen LogP contribution >= 0.6 is 0 Å². The summed E-state index contributed by atoms with van der Waals surface area (Å²) >= 11 is 0. The van der Waals surface area contributed by atoms with Gasteiger partial charge in [0.1, 0.15) is 12.6 Å². The third-order valence-corrected chi connectivity index (χ3v) is 9.84. The maximum atomic E-state index is 14.5. The molecular formula is C37H40F3N3O4S. The number of benzene rings is 4. The Balaban J connectivity index is 1.84. The van der Waals surface area contributed by atoms with Crippen LogP contribution in [0.15, 0.2) is 108 Å². The van der Waals surface area contributed by atoms with Crippen molar-refractivity contribution in [1.82, 2.24) is 10.2 Å². The number of nitrogens with zero attached hydrogens (tertiary/aromatic N) is 2. The van der Waals surface area contributed by atoms with Crippen molar-refractivity contribution in [1.29, 1.82) is 0 Å². The molecule has 0 radical (unpaired) electrons. The highest BCUT2D eigenvalue weighted by atomic mass is 32.2. The zero-order valence-corrected chi connectivity index (χ0v) is 28.0. The molecular weight excluding hydrogens is 639 g/mol. The van der Waals surface area contributed by atoms with Crippen LogP contribution in [-0.2, 0) is 38.8 Å². The minimum atomic E-state index is -4.76. The molecule has 0 fully saturated rings. The van der Waals surface area contributed by atoms with E-state index in [0.717, 1.165) is 40.8 Å². The van der Waals surface area contributed by atoms with Gasteiger partial charge in [-0.3, -0.25) is 13.9 Å². The van der Waals surface area contributed by atoms with Crippen LogP contribution in [0, 0.1) is 13.8 Å². The molecule has 11 heteroatoms. The largest absolute Gasteiger partial charge is 0.416 e. The Morgan fingerprint density at radius 2 is 1.52 bits per heavy atom. The molecule has 4 aromatic rings. The number of halogens is 3. The lowest BCUT2D eigenvalue weighted by Crippen LogP contribution is -2.53. The summed E-state index contributed by atoms with van der Waals surface area (Å²) in [5, 5.41) is 2.92. The Hall–Kier alpha value is -4.64. The Morgan fingerprint density at radius 1 is 0.854 bits per heavy atom. The number of carbonyl (C=O) groups is 2. The maximum absolute atomic E-state index is 14.5. The molecule has 0 spiro atoms. The van der Waals surface area contributed by atoms with E-state index in [1.54, 1.807) is 25.1 Å². The van der Waals surface area contributed by atoms with Crippen molar-refractivity contribution in [2.75, 3.05) is 17.4 Å². The van der Waals surface area contributed by atoms with E-state index in [4.69, 9.17) is 0 Å². The first kappa shape index (κ1) is 36.2. The number of alkyl halides is 3. The summed E-state index contributed by atoms with van der Waals surface area (Å²) in [6.07, 6.45) is -3.08. The third kappa shape index (κ3) is 9.25. The molecule has 1 atom stereocenters. The molecule has 1 N–H and O–H groups in total. The van der Waals surface area contributed by atoms with Crippen LogP contribution in [0.1, 0.15) is 47.6 Å². The first-order chi connectivity index (χ1) is 22.8. The summed E-state index contributed by atoms with van der Waals surface area (Å²) in [6, 6.07) is 25.1. The molecule has 4 aromatic carbocycles. The van der Waals surface area contributed by atoms with Gasteiger partial charge in [-0.05, 0) is 67.3 Å². The SMILES string of the molecule is CCCCNC(=O)[C@H](Cc1ccccc1)N(Cc1ccccc1C)C(=O)CN(c1cccc(C(F)(F)F)c1)S(=O)(=O)c1ccc(C)cc1. The van der Waals surface area contributed by atoms with Crippen LogP contribution in [0.2, 0.25) is 0 Å². The molecule has 0 unspecified atom stereocenters. The second kappa shape index (κ2) is 16.0. The Kier molecular flexibility index (Phi) is 12.0. The number of rotatable bonds is 14. The van der Waals surface area contributed by atoms with Gasteiger partial charge in [0, 0.05) is 19.5 Å².